The van der Waals surface area contributed by atoms with E-state index in [1.165, 1.54) is 90.3 Å². The Bertz CT molecular complexity index is 1610. The molecule has 1 aromatic carbocycles. The van der Waals surface area contributed by atoms with Gasteiger partial charge in [0, 0.05) is 6.42 Å². The first-order valence-corrected chi connectivity index (χ1v) is 21.0. The van der Waals surface area contributed by atoms with Gasteiger partial charge in [-0.2, -0.15) is 19.4 Å². The number of nitrogen functional groups attached to an aromatic ring is 1. The number of anilines is 1. The first-order valence-electron chi connectivity index (χ1n) is 19.5. The number of aromatic nitrogens is 4. The van der Waals surface area contributed by atoms with Crippen molar-refractivity contribution < 1.29 is 37.7 Å². The number of imidazole rings is 1. The van der Waals surface area contributed by atoms with E-state index < -0.39 is 50.7 Å². The number of ether oxygens (including phenoxy) is 1. The molecule has 300 valence electrons. The van der Waals surface area contributed by atoms with Crippen LogP contribution in [0, 0.1) is 24.3 Å². The van der Waals surface area contributed by atoms with Gasteiger partial charge in [-0.05, 0) is 25.5 Å². The van der Waals surface area contributed by atoms with Crippen molar-refractivity contribution >= 4 is 30.7 Å². The minimum atomic E-state index is -4.27. The standard InChI is InChI=1S/C39H60FN6O7P/c1-4-6-7-8-9-10-11-12-13-14-15-16-17-18-19-23-26-51-38(49)30(3)45-54(50,53-32-24-21-20-22-25-32)52-28-31(5-2)33(47)27-34(48)46-29-42-35-36(41)43-39(40)44-37(35)46/h2,20-22,24-25,29-31,33-34,47-48H,4,6-19,23,26-28H2,1,3H3,(H,45,50)(H2,41,43,44)/t30-,31?,33-,34+,54?/m0/s1. The molecule has 0 saturated carbocycles. The lowest BCUT2D eigenvalue weighted by atomic mass is 10.0. The fourth-order valence-corrected chi connectivity index (χ4v) is 7.54. The summed E-state index contributed by atoms with van der Waals surface area (Å²) in [5.41, 5.74) is 5.69. The molecule has 0 spiro atoms. The van der Waals surface area contributed by atoms with E-state index in [0.717, 1.165) is 30.3 Å². The molecule has 15 heteroatoms. The molecule has 3 aromatic rings. The van der Waals surface area contributed by atoms with Crippen LogP contribution in [0.4, 0.5) is 10.2 Å². The number of unbranched alkanes of at least 4 members (excludes halogenated alkanes) is 15. The summed E-state index contributed by atoms with van der Waals surface area (Å²) in [5.74, 6) is 0.668. The maximum absolute atomic E-state index is 14.0. The van der Waals surface area contributed by atoms with Crippen LogP contribution in [0.5, 0.6) is 5.75 Å². The number of fused-ring (bicyclic) bond motifs is 1. The van der Waals surface area contributed by atoms with E-state index in [2.05, 4.69) is 32.9 Å². The molecule has 0 aliphatic rings. The van der Waals surface area contributed by atoms with Gasteiger partial charge in [-0.15, -0.1) is 6.42 Å². The Morgan fingerprint density at radius 1 is 0.963 bits per heavy atom. The van der Waals surface area contributed by atoms with Crippen LogP contribution in [0.25, 0.3) is 11.2 Å². The van der Waals surface area contributed by atoms with Crippen LogP contribution >= 0.6 is 7.75 Å². The van der Waals surface area contributed by atoms with Crippen molar-refractivity contribution in [1.29, 1.82) is 0 Å². The third kappa shape index (κ3) is 16.0. The molecule has 13 nitrogen and oxygen atoms in total. The van der Waals surface area contributed by atoms with E-state index >= 15 is 0 Å². The van der Waals surface area contributed by atoms with Crippen molar-refractivity contribution in [1.82, 2.24) is 24.6 Å². The molecule has 0 aliphatic heterocycles. The number of aliphatic hydroxyl groups is 2. The van der Waals surface area contributed by atoms with E-state index in [1.807, 2.05) is 0 Å². The number of benzene rings is 1. The minimum Gasteiger partial charge on any atom is -0.465 e. The Balaban J connectivity index is 1.40. The van der Waals surface area contributed by atoms with Gasteiger partial charge in [0.25, 0.3) is 0 Å². The summed E-state index contributed by atoms with van der Waals surface area (Å²) >= 11 is 0. The zero-order chi connectivity index (χ0) is 39.2. The Labute approximate surface area is 319 Å². The van der Waals surface area contributed by atoms with E-state index in [1.54, 1.807) is 30.3 Å². The first kappa shape index (κ1) is 44.8. The number of carbonyl (C=O) groups is 1. The highest BCUT2D eigenvalue weighted by molar-refractivity contribution is 7.52. The smallest absolute Gasteiger partial charge is 0.459 e. The van der Waals surface area contributed by atoms with E-state index in [9.17, 15) is 24.0 Å². The number of hydrogen-bond acceptors (Lipinski definition) is 11. The Kier molecular flexibility index (Phi) is 20.5. The molecule has 54 heavy (non-hydrogen) atoms. The van der Waals surface area contributed by atoms with Crippen LogP contribution in [0.2, 0.25) is 0 Å². The Morgan fingerprint density at radius 3 is 2.11 bits per heavy atom. The third-order valence-electron chi connectivity index (χ3n) is 9.21. The zero-order valence-electron chi connectivity index (χ0n) is 31.9. The number of carbonyl (C=O) groups excluding carboxylic acids is 1. The topological polar surface area (TPSA) is 184 Å². The molecule has 5 N–H and O–H groups in total. The summed E-state index contributed by atoms with van der Waals surface area (Å²) < 4.78 is 45.7. The van der Waals surface area contributed by atoms with Crippen LogP contribution in [0.1, 0.15) is 129 Å². The highest BCUT2D eigenvalue weighted by Crippen LogP contribution is 2.45. The van der Waals surface area contributed by atoms with E-state index in [0.29, 0.717) is 0 Å². The van der Waals surface area contributed by atoms with Crippen LogP contribution in [0.15, 0.2) is 36.7 Å². The third-order valence-corrected chi connectivity index (χ3v) is 10.9. The molecule has 0 amide bonds. The molecule has 0 fully saturated rings. The summed E-state index contributed by atoms with van der Waals surface area (Å²) in [6, 6.07) is 7.16. The molecule has 5 atom stereocenters. The highest BCUT2D eigenvalue weighted by atomic mass is 31.2. The summed E-state index contributed by atoms with van der Waals surface area (Å²) in [7, 11) is -4.27. The number of nitrogens with zero attached hydrogens (tertiary/aromatic N) is 4. The van der Waals surface area contributed by atoms with E-state index in [-0.39, 0.29) is 35.8 Å². The number of hydrogen-bond donors (Lipinski definition) is 4. The largest absolute Gasteiger partial charge is 0.465 e. The summed E-state index contributed by atoms with van der Waals surface area (Å²) in [5, 5.41) is 24.4. The lowest BCUT2D eigenvalue weighted by molar-refractivity contribution is -0.145. The van der Waals surface area contributed by atoms with Gasteiger partial charge >= 0.3 is 19.8 Å². The maximum atomic E-state index is 14.0. The lowest BCUT2D eigenvalue weighted by Gasteiger charge is -2.26. The molecule has 2 aromatic heterocycles. The van der Waals surface area contributed by atoms with E-state index in [4.69, 9.17) is 25.9 Å². The normalized spacial score (nSPS) is 14.9. The monoisotopic (exact) mass is 774 g/mol. The minimum absolute atomic E-state index is 0.0736. The van der Waals surface area contributed by atoms with Gasteiger partial charge in [0.1, 0.15) is 18.0 Å². The predicted molar refractivity (Wildman–Crippen MR) is 208 cm³/mol. The highest BCUT2D eigenvalue weighted by Gasteiger charge is 2.34. The molecule has 3 rings (SSSR count). The number of rotatable bonds is 29. The summed E-state index contributed by atoms with van der Waals surface area (Å²) in [6.07, 6.45) is 22.5. The average Bonchev–Trinajstić information content (AvgIpc) is 3.58. The number of aliphatic hydroxyl groups excluding tert-OH is 2. The molecular formula is C39H60FN6O7P. The molecule has 2 heterocycles. The van der Waals surface area contributed by atoms with Gasteiger partial charge in [0.05, 0.1) is 31.6 Å². The zero-order valence-corrected chi connectivity index (χ0v) is 32.8. The Morgan fingerprint density at radius 2 is 1.54 bits per heavy atom. The number of nitrogens with two attached hydrogens (primary N) is 1. The van der Waals surface area contributed by atoms with Crippen molar-refractivity contribution in [3.63, 3.8) is 0 Å². The van der Waals surface area contributed by atoms with Gasteiger partial charge < -0.3 is 25.2 Å². The van der Waals surface area contributed by atoms with Crippen LogP contribution < -0.4 is 15.3 Å². The predicted octanol–water partition coefficient (Wildman–Crippen LogP) is 8.03. The molecule has 0 aliphatic carbocycles. The van der Waals surface area contributed by atoms with Crippen molar-refractivity contribution in [3.05, 3.63) is 42.7 Å². The second-order valence-electron chi connectivity index (χ2n) is 13.8. The second kappa shape index (κ2) is 24.7. The number of halogens is 1. The average molecular weight is 775 g/mol. The fourth-order valence-electron chi connectivity index (χ4n) is 6.02. The SMILES string of the molecule is C#CC(COP(=O)(N[C@@H](C)C(=O)OCCCCCCCCCCCCCCCCCC)Oc1ccccc1)[C@@H](O)C[C@@H](O)n1cnc2c(N)nc(F)nc21. The number of esters is 1. The van der Waals surface area contributed by atoms with Crippen LogP contribution in [-0.2, 0) is 18.6 Å². The number of nitrogens with one attached hydrogen (secondary N) is 1. The van der Waals surface area contributed by atoms with Crippen LogP contribution in [0.3, 0.4) is 0 Å². The summed E-state index contributed by atoms with van der Waals surface area (Å²) in [4.78, 5) is 23.9. The summed E-state index contributed by atoms with van der Waals surface area (Å²) in [6.45, 7) is 3.50. The second-order valence-corrected chi connectivity index (χ2v) is 15.5. The quantitative estimate of drug-likeness (QED) is 0.0175. The molecule has 2 unspecified atom stereocenters. The molecular weight excluding hydrogens is 714 g/mol. The number of terminal acetylenes is 1. The number of para-hydroxylation sites is 1. The van der Waals surface area contributed by atoms with Crippen molar-refractivity contribution in [3.8, 4) is 18.1 Å². The van der Waals surface area contributed by atoms with Gasteiger partial charge in [-0.1, -0.05) is 127 Å². The van der Waals surface area contributed by atoms with Crippen molar-refractivity contribution in [2.45, 2.75) is 141 Å². The van der Waals surface area contributed by atoms with Gasteiger partial charge in [-0.25, -0.2) is 9.55 Å². The molecule has 0 radical (unpaired) electrons. The fraction of sp³-hybridized carbons (Fsp3) is 0.641. The van der Waals surface area contributed by atoms with Crippen molar-refractivity contribution in [2.24, 2.45) is 5.92 Å². The van der Waals surface area contributed by atoms with Gasteiger partial charge in [0.15, 0.2) is 17.0 Å². The molecule has 0 saturated heterocycles. The van der Waals surface area contributed by atoms with Crippen LogP contribution in [-0.4, -0.2) is 61.1 Å². The Hall–Kier alpha value is -3.60. The maximum Gasteiger partial charge on any atom is 0.459 e. The lowest BCUT2D eigenvalue weighted by Crippen LogP contribution is -2.36. The van der Waals surface area contributed by atoms with Gasteiger partial charge in [0.2, 0.25) is 0 Å². The first-order chi connectivity index (χ1) is 26.1. The van der Waals surface area contributed by atoms with Gasteiger partial charge in [-0.3, -0.25) is 13.9 Å². The van der Waals surface area contributed by atoms with Crippen molar-refractivity contribution in [2.75, 3.05) is 18.9 Å². The molecule has 0 bridgehead atoms.